The van der Waals surface area contributed by atoms with Gasteiger partial charge in [0.15, 0.2) is 0 Å². The maximum atomic E-state index is 12.0. The number of alkyl carbamates (subject to hydrolysis) is 1. The minimum absolute atomic E-state index is 0.676. The Kier molecular flexibility index (Phi) is 6.27. The predicted octanol–water partition coefficient (Wildman–Crippen LogP) is 1.42. The minimum Gasteiger partial charge on any atom is -0.444 e. The average Bonchev–Trinajstić information content (AvgIpc) is 2.20. The molecule has 0 spiro atoms. The molecule has 0 aromatic rings. The molecule has 2 N–H and O–H groups in total. The average molecular weight is 299 g/mol. The summed E-state index contributed by atoms with van der Waals surface area (Å²) in [5.74, 6) is -0.722. The molecule has 0 bridgehead atoms. The summed E-state index contributed by atoms with van der Waals surface area (Å²) < 4.78 is 40.9. The van der Waals surface area contributed by atoms with Crippen LogP contribution < -0.4 is 10.7 Å². The number of nitrogens with zero attached hydrogens (tertiary/aromatic N) is 1. The second kappa shape index (κ2) is 6.78. The number of alkyl halides is 3. The van der Waals surface area contributed by atoms with E-state index in [0.717, 1.165) is 7.05 Å². The van der Waals surface area contributed by atoms with Gasteiger partial charge >= 0.3 is 12.3 Å². The van der Waals surface area contributed by atoms with Crippen LogP contribution in [-0.4, -0.2) is 48.4 Å². The van der Waals surface area contributed by atoms with Gasteiger partial charge in [-0.05, 0) is 27.7 Å². The highest BCUT2D eigenvalue weighted by Gasteiger charge is 2.29. The normalized spacial score (nSPS) is 13.6. The Morgan fingerprint density at radius 2 is 1.75 bits per heavy atom. The number of nitrogens with one attached hydrogen (secondary N) is 2. The molecule has 118 valence electrons. The molecule has 0 aliphatic heterocycles. The predicted molar refractivity (Wildman–Crippen MR) is 65.7 cm³/mol. The third-order valence-electron chi connectivity index (χ3n) is 1.95. The van der Waals surface area contributed by atoms with Crippen LogP contribution in [0.1, 0.15) is 27.7 Å². The van der Waals surface area contributed by atoms with Crippen LogP contribution in [0.4, 0.5) is 18.0 Å². The molecule has 0 saturated carbocycles. The lowest BCUT2D eigenvalue weighted by Gasteiger charge is -2.25. The highest BCUT2D eigenvalue weighted by Crippen LogP contribution is 2.12. The fourth-order valence-corrected chi connectivity index (χ4v) is 1.12. The highest BCUT2D eigenvalue weighted by atomic mass is 19.4. The first-order valence-corrected chi connectivity index (χ1v) is 5.89. The van der Waals surface area contributed by atoms with Crippen molar-refractivity contribution in [2.75, 3.05) is 13.6 Å². The van der Waals surface area contributed by atoms with Crippen LogP contribution in [0.25, 0.3) is 0 Å². The number of rotatable bonds is 4. The standard InChI is InChI=1S/C11H20F3N3O3/c1-7(16-9(19)20-10(2,3)4)8(18)17(5)15-6-11(12,13)14/h7,15H,6H2,1-5H3,(H,16,19). The zero-order valence-corrected chi connectivity index (χ0v) is 12.1. The fourth-order valence-electron chi connectivity index (χ4n) is 1.12. The van der Waals surface area contributed by atoms with E-state index < -0.39 is 36.4 Å². The number of hydrazine groups is 1. The molecule has 0 radical (unpaired) electrons. The van der Waals surface area contributed by atoms with Gasteiger partial charge in [-0.1, -0.05) is 0 Å². The SMILES string of the molecule is CC(NC(=O)OC(C)(C)C)C(=O)N(C)NCC(F)(F)F. The molecular formula is C11H20F3N3O3. The van der Waals surface area contributed by atoms with Gasteiger partial charge in [-0.15, -0.1) is 0 Å². The smallest absolute Gasteiger partial charge is 0.408 e. The summed E-state index contributed by atoms with van der Waals surface area (Å²) in [5.41, 5.74) is 1.16. The number of ether oxygens (including phenoxy) is 1. The van der Waals surface area contributed by atoms with Gasteiger partial charge in [0.25, 0.3) is 5.91 Å². The van der Waals surface area contributed by atoms with Gasteiger partial charge in [-0.25, -0.2) is 10.2 Å². The number of halogens is 3. The minimum atomic E-state index is -4.43. The number of hydrogen-bond donors (Lipinski definition) is 2. The van der Waals surface area contributed by atoms with Gasteiger partial charge in [-0.2, -0.15) is 13.2 Å². The molecule has 0 heterocycles. The Morgan fingerprint density at radius 1 is 1.25 bits per heavy atom. The van der Waals surface area contributed by atoms with E-state index in [-0.39, 0.29) is 0 Å². The van der Waals surface area contributed by atoms with Crippen LogP contribution in [0, 0.1) is 0 Å². The van der Waals surface area contributed by atoms with Gasteiger partial charge in [0.1, 0.15) is 18.2 Å². The monoisotopic (exact) mass is 299 g/mol. The summed E-state index contributed by atoms with van der Waals surface area (Å²) >= 11 is 0. The van der Waals surface area contributed by atoms with Gasteiger partial charge < -0.3 is 10.1 Å². The summed E-state index contributed by atoms with van der Waals surface area (Å²) in [6.45, 7) is 4.95. The van der Waals surface area contributed by atoms with E-state index in [4.69, 9.17) is 4.74 Å². The molecule has 1 atom stereocenters. The number of hydrogen-bond acceptors (Lipinski definition) is 4. The van der Waals surface area contributed by atoms with E-state index in [9.17, 15) is 22.8 Å². The summed E-state index contributed by atoms with van der Waals surface area (Å²) in [5, 5.41) is 2.92. The lowest BCUT2D eigenvalue weighted by Crippen LogP contribution is -2.52. The highest BCUT2D eigenvalue weighted by molar-refractivity contribution is 5.84. The first-order chi connectivity index (χ1) is 8.82. The number of carbonyl (C=O) groups is 2. The molecule has 0 aromatic carbocycles. The second-order valence-corrected chi connectivity index (χ2v) is 5.22. The van der Waals surface area contributed by atoms with Crippen molar-refractivity contribution in [2.45, 2.75) is 45.5 Å². The van der Waals surface area contributed by atoms with E-state index >= 15 is 0 Å². The molecule has 6 nitrogen and oxygen atoms in total. The Bertz CT molecular complexity index is 353. The Morgan fingerprint density at radius 3 is 2.15 bits per heavy atom. The van der Waals surface area contributed by atoms with Crippen molar-refractivity contribution in [3.63, 3.8) is 0 Å². The van der Waals surface area contributed by atoms with Crippen molar-refractivity contribution in [1.82, 2.24) is 15.8 Å². The first kappa shape index (κ1) is 18.5. The molecule has 0 fully saturated rings. The molecule has 0 aliphatic carbocycles. The molecular weight excluding hydrogens is 279 g/mol. The van der Waals surface area contributed by atoms with E-state index in [0.29, 0.717) is 5.01 Å². The van der Waals surface area contributed by atoms with Crippen LogP contribution in [0.3, 0.4) is 0 Å². The van der Waals surface area contributed by atoms with Crippen molar-refractivity contribution >= 4 is 12.0 Å². The third kappa shape index (κ3) is 8.57. The maximum Gasteiger partial charge on any atom is 0.408 e. The van der Waals surface area contributed by atoms with Gasteiger partial charge in [0.05, 0.1) is 0 Å². The van der Waals surface area contributed by atoms with E-state index in [2.05, 4.69) is 5.32 Å². The van der Waals surface area contributed by atoms with Crippen molar-refractivity contribution < 1.29 is 27.5 Å². The van der Waals surface area contributed by atoms with Crippen LogP contribution in [-0.2, 0) is 9.53 Å². The summed E-state index contributed by atoms with van der Waals surface area (Å²) in [4.78, 5) is 23.1. The topological polar surface area (TPSA) is 70.7 Å². The van der Waals surface area contributed by atoms with E-state index in [1.165, 1.54) is 6.92 Å². The molecule has 9 heteroatoms. The molecule has 0 saturated heterocycles. The Balaban J connectivity index is 4.30. The molecule has 0 aliphatic rings. The van der Waals surface area contributed by atoms with E-state index in [1.807, 2.05) is 5.43 Å². The summed E-state index contributed by atoms with van der Waals surface area (Å²) in [6, 6.07) is -1.02. The molecule has 0 rings (SSSR count). The van der Waals surface area contributed by atoms with Crippen LogP contribution in [0.2, 0.25) is 0 Å². The molecule has 2 amide bonds. The third-order valence-corrected chi connectivity index (χ3v) is 1.95. The Labute approximate surface area is 115 Å². The zero-order valence-electron chi connectivity index (χ0n) is 12.1. The van der Waals surface area contributed by atoms with E-state index in [1.54, 1.807) is 20.8 Å². The molecule has 20 heavy (non-hydrogen) atoms. The lowest BCUT2D eigenvalue weighted by molar-refractivity contribution is -0.147. The summed E-state index contributed by atoms with van der Waals surface area (Å²) in [7, 11) is 1.14. The van der Waals surface area contributed by atoms with Crippen molar-refractivity contribution in [2.24, 2.45) is 0 Å². The number of amides is 2. The largest absolute Gasteiger partial charge is 0.444 e. The lowest BCUT2D eigenvalue weighted by atomic mass is 10.2. The van der Waals surface area contributed by atoms with Crippen molar-refractivity contribution in [3.8, 4) is 0 Å². The van der Waals surface area contributed by atoms with Crippen molar-refractivity contribution in [3.05, 3.63) is 0 Å². The van der Waals surface area contributed by atoms with Gasteiger partial charge in [0.2, 0.25) is 0 Å². The maximum absolute atomic E-state index is 12.0. The van der Waals surface area contributed by atoms with Crippen LogP contribution in [0.5, 0.6) is 0 Å². The number of likely N-dealkylation sites (N-methyl/N-ethyl adjacent to an activating group) is 1. The van der Waals surface area contributed by atoms with Crippen molar-refractivity contribution in [1.29, 1.82) is 0 Å². The number of carbonyl (C=O) groups excluding carboxylic acids is 2. The molecule has 1 unspecified atom stereocenters. The van der Waals surface area contributed by atoms with Crippen LogP contribution in [0.15, 0.2) is 0 Å². The fraction of sp³-hybridized carbons (Fsp3) is 0.818. The first-order valence-electron chi connectivity index (χ1n) is 5.89. The second-order valence-electron chi connectivity index (χ2n) is 5.22. The quantitative estimate of drug-likeness (QED) is 0.770. The zero-order chi connectivity index (χ0) is 16.1. The molecule has 0 aromatic heterocycles. The van der Waals surface area contributed by atoms with Gasteiger partial charge in [0, 0.05) is 7.05 Å². The summed E-state index contributed by atoms with van der Waals surface area (Å²) in [6.07, 6.45) is -5.25. The van der Waals surface area contributed by atoms with Gasteiger partial charge in [-0.3, -0.25) is 9.80 Å². The Hall–Kier alpha value is -1.51. The van der Waals surface area contributed by atoms with Crippen LogP contribution >= 0.6 is 0 Å².